The van der Waals surface area contributed by atoms with Gasteiger partial charge in [0.2, 0.25) is 5.91 Å². The van der Waals surface area contributed by atoms with Crippen LogP contribution in [0.2, 0.25) is 0 Å². The average molecular weight is 396 g/mol. The number of hydrogen-bond acceptors (Lipinski definition) is 4. The van der Waals surface area contributed by atoms with E-state index >= 15 is 0 Å². The molecular formula is C20H30ClN3O3. The van der Waals surface area contributed by atoms with Gasteiger partial charge in [0.25, 0.3) is 5.91 Å². The monoisotopic (exact) mass is 395 g/mol. The van der Waals surface area contributed by atoms with Crippen LogP contribution < -0.4 is 16.4 Å². The number of amides is 2. The fourth-order valence-corrected chi connectivity index (χ4v) is 3.92. The minimum Gasteiger partial charge on any atom is -0.376 e. The summed E-state index contributed by atoms with van der Waals surface area (Å²) in [6.07, 6.45) is 5.21. The topological polar surface area (TPSA) is 93.5 Å². The lowest BCUT2D eigenvalue weighted by molar-refractivity contribution is -0.126. The summed E-state index contributed by atoms with van der Waals surface area (Å²) in [6, 6.07) is 7.39. The Morgan fingerprint density at radius 1 is 1.15 bits per heavy atom. The van der Waals surface area contributed by atoms with Crippen LogP contribution in [0.3, 0.4) is 0 Å². The maximum Gasteiger partial charge on any atom is 0.251 e. The van der Waals surface area contributed by atoms with Gasteiger partial charge in [-0.15, -0.1) is 12.4 Å². The Balaban J connectivity index is 0.00000261. The van der Waals surface area contributed by atoms with E-state index in [0.29, 0.717) is 31.1 Å². The predicted octanol–water partition coefficient (Wildman–Crippen LogP) is 2.01. The van der Waals surface area contributed by atoms with E-state index in [-0.39, 0.29) is 36.2 Å². The minimum absolute atomic E-state index is 0. The van der Waals surface area contributed by atoms with Crippen LogP contribution in [-0.2, 0) is 16.1 Å². The van der Waals surface area contributed by atoms with Crippen LogP contribution in [0, 0.1) is 11.8 Å². The molecule has 0 radical (unpaired) electrons. The summed E-state index contributed by atoms with van der Waals surface area (Å²) in [4.78, 5) is 24.7. The molecule has 1 saturated carbocycles. The summed E-state index contributed by atoms with van der Waals surface area (Å²) in [5.74, 6) is 0.293. The molecule has 2 amide bonds. The van der Waals surface area contributed by atoms with Crippen LogP contribution in [0.15, 0.2) is 24.3 Å². The van der Waals surface area contributed by atoms with Crippen molar-refractivity contribution in [3.05, 3.63) is 35.4 Å². The van der Waals surface area contributed by atoms with Crippen LogP contribution in [0.25, 0.3) is 0 Å². The van der Waals surface area contributed by atoms with Crippen LogP contribution in [0.1, 0.15) is 48.0 Å². The van der Waals surface area contributed by atoms with Crippen molar-refractivity contribution in [2.45, 2.75) is 44.8 Å². The fourth-order valence-electron chi connectivity index (χ4n) is 3.92. The molecule has 4 N–H and O–H groups in total. The normalized spacial score (nSPS) is 24.3. The lowest BCUT2D eigenvalue weighted by Crippen LogP contribution is -2.34. The maximum atomic E-state index is 12.4. The molecule has 7 heteroatoms. The van der Waals surface area contributed by atoms with E-state index in [9.17, 15) is 9.59 Å². The third kappa shape index (κ3) is 5.92. The molecule has 2 aliphatic rings. The number of carbonyl (C=O) groups excluding carboxylic acids is 2. The van der Waals surface area contributed by atoms with E-state index in [2.05, 4.69) is 10.6 Å². The van der Waals surface area contributed by atoms with E-state index in [0.717, 1.165) is 44.3 Å². The highest BCUT2D eigenvalue weighted by Gasteiger charge is 2.31. The second kappa shape index (κ2) is 10.6. The molecule has 3 atom stereocenters. The quantitative estimate of drug-likeness (QED) is 0.658. The number of halogens is 1. The Morgan fingerprint density at radius 3 is 2.74 bits per heavy atom. The molecule has 2 fully saturated rings. The van der Waals surface area contributed by atoms with E-state index < -0.39 is 0 Å². The number of hydrogen-bond donors (Lipinski definition) is 3. The molecule has 1 saturated heterocycles. The summed E-state index contributed by atoms with van der Waals surface area (Å²) < 4.78 is 5.52. The maximum absolute atomic E-state index is 12.4. The first-order valence-corrected chi connectivity index (χ1v) is 9.64. The van der Waals surface area contributed by atoms with Crippen LogP contribution in [0.4, 0.5) is 0 Å². The van der Waals surface area contributed by atoms with Gasteiger partial charge >= 0.3 is 0 Å². The molecule has 1 aliphatic heterocycles. The van der Waals surface area contributed by atoms with Gasteiger partial charge in [0.15, 0.2) is 0 Å². The molecule has 3 rings (SSSR count). The molecule has 1 unspecified atom stereocenters. The minimum atomic E-state index is -0.104. The van der Waals surface area contributed by atoms with Gasteiger partial charge in [-0.2, -0.15) is 0 Å². The number of nitrogens with one attached hydrogen (secondary N) is 2. The molecule has 6 nitrogen and oxygen atoms in total. The second-order valence-corrected chi connectivity index (χ2v) is 7.30. The average Bonchev–Trinajstić information content (AvgIpc) is 3.35. The van der Waals surface area contributed by atoms with Gasteiger partial charge in [0.05, 0.1) is 6.10 Å². The molecule has 0 bridgehead atoms. The molecular weight excluding hydrogens is 366 g/mol. The van der Waals surface area contributed by atoms with Crippen LogP contribution in [0.5, 0.6) is 0 Å². The van der Waals surface area contributed by atoms with Crippen molar-refractivity contribution in [3.8, 4) is 0 Å². The van der Waals surface area contributed by atoms with E-state index in [4.69, 9.17) is 10.5 Å². The van der Waals surface area contributed by atoms with Crippen molar-refractivity contribution in [1.82, 2.24) is 10.6 Å². The molecule has 0 spiro atoms. The SMILES string of the molecule is Cl.NC[C@H]1CCC[C@H]1C(=O)NCc1cccc(C(=O)NCC2CCCO2)c1. The number of benzene rings is 1. The zero-order valence-electron chi connectivity index (χ0n) is 15.6. The van der Waals surface area contributed by atoms with Crippen LogP contribution >= 0.6 is 12.4 Å². The van der Waals surface area contributed by atoms with Gasteiger partial charge in [0.1, 0.15) is 0 Å². The molecule has 1 aromatic carbocycles. The standard InChI is InChI=1S/C20H29N3O3.ClH/c21-11-16-6-2-8-18(16)20(25)22-12-14-4-1-5-15(10-14)19(24)23-13-17-7-3-9-26-17;/h1,4-5,10,16-18H,2-3,6-9,11-13,21H2,(H,22,25)(H,23,24);1H/t16-,17?,18-;/m1./s1. The number of rotatable bonds is 7. The van der Waals surface area contributed by atoms with Gasteiger partial charge in [-0.25, -0.2) is 0 Å². The second-order valence-electron chi connectivity index (χ2n) is 7.30. The first-order valence-electron chi connectivity index (χ1n) is 9.64. The third-order valence-electron chi connectivity index (χ3n) is 5.47. The Bertz CT molecular complexity index is 635. The number of carbonyl (C=O) groups is 2. The van der Waals surface area contributed by atoms with Crippen LogP contribution in [-0.4, -0.2) is 37.6 Å². The highest BCUT2D eigenvalue weighted by molar-refractivity contribution is 5.94. The summed E-state index contributed by atoms with van der Waals surface area (Å²) in [6.45, 7) is 2.32. The molecule has 150 valence electrons. The van der Waals surface area contributed by atoms with E-state index in [1.807, 2.05) is 18.2 Å². The summed E-state index contributed by atoms with van der Waals surface area (Å²) >= 11 is 0. The lowest BCUT2D eigenvalue weighted by Gasteiger charge is -2.17. The largest absolute Gasteiger partial charge is 0.376 e. The van der Waals surface area contributed by atoms with Crippen molar-refractivity contribution in [2.75, 3.05) is 19.7 Å². The molecule has 0 aromatic heterocycles. The Labute approximate surface area is 167 Å². The highest BCUT2D eigenvalue weighted by Crippen LogP contribution is 2.31. The first-order chi connectivity index (χ1) is 12.7. The van der Waals surface area contributed by atoms with Crippen molar-refractivity contribution >= 4 is 24.2 Å². The lowest BCUT2D eigenvalue weighted by atomic mass is 9.95. The third-order valence-corrected chi connectivity index (χ3v) is 5.47. The Hall–Kier alpha value is -1.63. The van der Waals surface area contributed by atoms with Gasteiger partial charge < -0.3 is 21.1 Å². The van der Waals surface area contributed by atoms with E-state index in [1.165, 1.54) is 0 Å². The van der Waals surface area contributed by atoms with E-state index in [1.54, 1.807) is 6.07 Å². The molecule has 1 heterocycles. The van der Waals surface area contributed by atoms with Gasteiger partial charge in [-0.3, -0.25) is 9.59 Å². The summed E-state index contributed by atoms with van der Waals surface area (Å²) in [5.41, 5.74) is 7.29. The highest BCUT2D eigenvalue weighted by atomic mass is 35.5. The molecule has 1 aromatic rings. The molecule has 1 aliphatic carbocycles. The zero-order chi connectivity index (χ0) is 18.4. The smallest absolute Gasteiger partial charge is 0.251 e. The van der Waals surface area contributed by atoms with Gasteiger partial charge in [-0.1, -0.05) is 18.6 Å². The first kappa shape index (κ1) is 21.7. The fraction of sp³-hybridized carbons (Fsp3) is 0.600. The number of nitrogens with two attached hydrogens (primary N) is 1. The van der Waals surface area contributed by atoms with Crippen molar-refractivity contribution < 1.29 is 14.3 Å². The zero-order valence-corrected chi connectivity index (χ0v) is 16.4. The van der Waals surface area contributed by atoms with Crippen molar-refractivity contribution in [1.29, 1.82) is 0 Å². The number of ether oxygens (including phenoxy) is 1. The summed E-state index contributed by atoms with van der Waals surface area (Å²) in [7, 11) is 0. The molecule has 27 heavy (non-hydrogen) atoms. The van der Waals surface area contributed by atoms with Gasteiger partial charge in [0, 0.05) is 31.2 Å². The van der Waals surface area contributed by atoms with Gasteiger partial charge in [-0.05, 0) is 55.8 Å². The predicted molar refractivity (Wildman–Crippen MR) is 107 cm³/mol. The van der Waals surface area contributed by atoms with Crippen molar-refractivity contribution in [3.63, 3.8) is 0 Å². The Morgan fingerprint density at radius 2 is 2.00 bits per heavy atom. The summed E-state index contributed by atoms with van der Waals surface area (Å²) in [5, 5.41) is 5.93. The van der Waals surface area contributed by atoms with Crippen molar-refractivity contribution in [2.24, 2.45) is 17.6 Å². The Kier molecular flexibility index (Phi) is 8.54.